The van der Waals surface area contributed by atoms with Crippen LogP contribution in [0.25, 0.3) is 11.0 Å². The van der Waals surface area contributed by atoms with Gasteiger partial charge in [-0.3, -0.25) is 14.9 Å². The lowest BCUT2D eigenvalue weighted by molar-refractivity contribution is 0.240. The topological polar surface area (TPSA) is 95.7 Å². The molecule has 23 heavy (non-hydrogen) atoms. The number of nitrogens with zero attached hydrogens (tertiary/aromatic N) is 2. The third-order valence-corrected chi connectivity index (χ3v) is 3.39. The summed E-state index contributed by atoms with van der Waals surface area (Å²) in [6.07, 6.45) is 1.48. The Morgan fingerprint density at radius 2 is 2.22 bits per heavy atom. The molecule has 0 amide bonds. The molecule has 0 aliphatic rings. The summed E-state index contributed by atoms with van der Waals surface area (Å²) in [7, 11) is 0. The summed E-state index contributed by atoms with van der Waals surface area (Å²) >= 11 is 6.02. The van der Waals surface area contributed by atoms with Gasteiger partial charge in [0.25, 0.3) is 5.56 Å². The molecule has 2 aromatic heterocycles. The van der Waals surface area contributed by atoms with Crippen LogP contribution in [0.5, 0.6) is 5.75 Å². The van der Waals surface area contributed by atoms with E-state index in [9.17, 15) is 4.79 Å². The lowest BCUT2D eigenvalue weighted by atomic mass is 10.2. The molecule has 0 aliphatic heterocycles. The minimum absolute atomic E-state index is 0.0338. The van der Waals surface area contributed by atoms with E-state index >= 15 is 0 Å². The van der Waals surface area contributed by atoms with Gasteiger partial charge in [0.1, 0.15) is 11.1 Å². The number of hydrogen-bond acceptors (Lipinski definition) is 5. The lowest BCUT2D eigenvalue weighted by Crippen LogP contribution is -2.14. The van der Waals surface area contributed by atoms with Crippen LogP contribution < -0.4 is 15.6 Å². The molecule has 0 spiro atoms. The molecule has 1 aromatic carbocycles. The van der Waals surface area contributed by atoms with Crippen molar-refractivity contribution in [1.82, 2.24) is 20.2 Å². The summed E-state index contributed by atoms with van der Waals surface area (Å²) < 4.78 is 5.76. The Balaban J connectivity index is 1.83. The van der Waals surface area contributed by atoms with Gasteiger partial charge < -0.3 is 10.1 Å². The average Bonchev–Trinajstić information content (AvgIpc) is 2.95. The van der Waals surface area contributed by atoms with Crippen molar-refractivity contribution < 1.29 is 4.74 Å². The monoisotopic (exact) mass is 333 g/mol. The number of nitrogens with one attached hydrogen (secondary N) is 3. The Hall–Kier alpha value is -2.54. The molecule has 0 saturated carbocycles. The number of ether oxygens (including phenoxy) is 1. The summed E-state index contributed by atoms with van der Waals surface area (Å²) in [6.45, 7) is 4.33. The molecule has 0 unspecified atom stereocenters. The van der Waals surface area contributed by atoms with Crippen LogP contribution in [0.4, 0.5) is 5.95 Å². The van der Waals surface area contributed by atoms with E-state index in [-0.39, 0.29) is 11.7 Å². The van der Waals surface area contributed by atoms with Crippen molar-refractivity contribution in [3.63, 3.8) is 0 Å². The Bertz CT molecular complexity index is 887. The smallest absolute Gasteiger partial charge is 0.263 e. The second-order valence-electron chi connectivity index (χ2n) is 5.32. The van der Waals surface area contributed by atoms with Gasteiger partial charge >= 0.3 is 0 Å². The number of fused-ring (bicyclic) bond motifs is 1. The lowest BCUT2D eigenvalue weighted by Gasteiger charge is -2.15. The number of hydrogen-bond donors (Lipinski definition) is 3. The summed E-state index contributed by atoms with van der Waals surface area (Å²) in [4.78, 5) is 18.8. The summed E-state index contributed by atoms with van der Waals surface area (Å²) in [6, 6.07) is 5.44. The number of anilines is 1. The van der Waals surface area contributed by atoms with Crippen LogP contribution >= 0.6 is 11.6 Å². The van der Waals surface area contributed by atoms with Crippen LogP contribution in [0.2, 0.25) is 5.02 Å². The summed E-state index contributed by atoms with van der Waals surface area (Å²) in [5.41, 5.74) is 1.10. The van der Waals surface area contributed by atoms with Crippen LogP contribution in [-0.4, -0.2) is 26.3 Å². The number of H-pyrrole nitrogens is 2. The maximum atomic E-state index is 11.9. The first-order chi connectivity index (χ1) is 11.0. The number of aromatic amines is 2. The van der Waals surface area contributed by atoms with Gasteiger partial charge in [-0.15, -0.1) is 0 Å². The number of halogens is 1. The quantitative estimate of drug-likeness (QED) is 0.667. The number of aromatic nitrogens is 4. The normalized spacial score (nSPS) is 11.1. The molecule has 3 rings (SSSR count). The minimum atomic E-state index is -0.249. The van der Waals surface area contributed by atoms with E-state index in [4.69, 9.17) is 16.3 Å². The highest BCUT2D eigenvalue weighted by molar-refractivity contribution is 6.30. The van der Waals surface area contributed by atoms with E-state index in [1.807, 2.05) is 19.9 Å². The largest absolute Gasteiger partial charge is 0.491 e. The van der Waals surface area contributed by atoms with E-state index in [1.54, 1.807) is 12.1 Å². The van der Waals surface area contributed by atoms with E-state index in [1.165, 1.54) is 6.20 Å². The van der Waals surface area contributed by atoms with Crippen molar-refractivity contribution in [3.05, 3.63) is 45.3 Å². The van der Waals surface area contributed by atoms with E-state index < -0.39 is 0 Å². The first-order valence-electron chi connectivity index (χ1n) is 7.15. The van der Waals surface area contributed by atoms with Gasteiger partial charge in [0.05, 0.1) is 12.3 Å². The highest BCUT2D eigenvalue weighted by Gasteiger charge is 2.09. The highest BCUT2D eigenvalue weighted by Crippen LogP contribution is 2.25. The van der Waals surface area contributed by atoms with Crippen molar-refractivity contribution in [2.24, 2.45) is 0 Å². The van der Waals surface area contributed by atoms with Crippen molar-refractivity contribution in [2.75, 3.05) is 5.32 Å². The second-order valence-corrected chi connectivity index (χ2v) is 5.76. The van der Waals surface area contributed by atoms with E-state index in [0.717, 1.165) is 5.56 Å². The molecule has 0 bridgehead atoms. The molecule has 0 fully saturated rings. The average molecular weight is 334 g/mol. The first-order valence-corrected chi connectivity index (χ1v) is 7.53. The molecule has 8 heteroatoms. The minimum Gasteiger partial charge on any atom is -0.491 e. The fraction of sp³-hybridized carbons (Fsp3) is 0.267. The van der Waals surface area contributed by atoms with Gasteiger partial charge in [0.2, 0.25) is 5.95 Å². The molecular formula is C15H16ClN5O2. The summed E-state index contributed by atoms with van der Waals surface area (Å²) in [5.74, 6) is 1.06. The molecule has 0 radical (unpaired) electrons. The highest BCUT2D eigenvalue weighted by atomic mass is 35.5. The van der Waals surface area contributed by atoms with Crippen LogP contribution in [0.1, 0.15) is 19.4 Å². The number of rotatable bonds is 5. The van der Waals surface area contributed by atoms with Gasteiger partial charge in [0, 0.05) is 17.1 Å². The van der Waals surface area contributed by atoms with Gasteiger partial charge in [0.15, 0.2) is 5.65 Å². The van der Waals surface area contributed by atoms with Gasteiger partial charge in [-0.1, -0.05) is 17.7 Å². The van der Waals surface area contributed by atoms with Crippen LogP contribution in [-0.2, 0) is 6.54 Å². The van der Waals surface area contributed by atoms with Crippen molar-refractivity contribution in [3.8, 4) is 5.75 Å². The van der Waals surface area contributed by atoms with E-state index in [0.29, 0.717) is 34.3 Å². The van der Waals surface area contributed by atoms with E-state index in [2.05, 4.69) is 25.5 Å². The zero-order valence-corrected chi connectivity index (χ0v) is 13.4. The van der Waals surface area contributed by atoms with Crippen LogP contribution in [0, 0.1) is 0 Å². The molecule has 2 heterocycles. The van der Waals surface area contributed by atoms with Crippen molar-refractivity contribution in [2.45, 2.75) is 26.5 Å². The Morgan fingerprint density at radius 1 is 1.39 bits per heavy atom. The van der Waals surface area contributed by atoms with Crippen LogP contribution in [0.15, 0.2) is 29.2 Å². The van der Waals surface area contributed by atoms with Crippen molar-refractivity contribution >= 4 is 28.6 Å². The first kappa shape index (κ1) is 15.4. The third kappa shape index (κ3) is 3.45. The molecule has 3 N–H and O–H groups in total. The maximum absolute atomic E-state index is 11.9. The predicted molar refractivity (Wildman–Crippen MR) is 89.1 cm³/mol. The zero-order chi connectivity index (χ0) is 16.4. The van der Waals surface area contributed by atoms with Gasteiger partial charge in [-0.25, -0.2) is 0 Å². The molecular weight excluding hydrogens is 318 g/mol. The standard InChI is InChI=1S/C15H16ClN5O2/c1-8(2)23-12-5-10(16)4-3-9(12)6-17-15-19-13-11(7-18-21-13)14(22)20-15/h3-5,7-8H,6H2,1-2H3,(H3,17,18,19,20,21,22). The maximum Gasteiger partial charge on any atom is 0.263 e. The Labute approximate surface area is 137 Å². The molecule has 0 saturated heterocycles. The zero-order valence-electron chi connectivity index (χ0n) is 12.7. The van der Waals surface area contributed by atoms with Crippen LogP contribution in [0.3, 0.4) is 0 Å². The predicted octanol–water partition coefficient (Wildman–Crippen LogP) is 2.70. The van der Waals surface area contributed by atoms with Gasteiger partial charge in [-0.05, 0) is 26.0 Å². The third-order valence-electron chi connectivity index (χ3n) is 3.16. The Kier molecular flexibility index (Phi) is 4.20. The molecule has 0 atom stereocenters. The van der Waals surface area contributed by atoms with Gasteiger partial charge in [-0.2, -0.15) is 10.1 Å². The Morgan fingerprint density at radius 3 is 3.00 bits per heavy atom. The van der Waals surface area contributed by atoms with Crippen molar-refractivity contribution in [1.29, 1.82) is 0 Å². The fourth-order valence-corrected chi connectivity index (χ4v) is 2.31. The molecule has 120 valence electrons. The molecule has 0 aliphatic carbocycles. The SMILES string of the molecule is CC(C)Oc1cc(Cl)ccc1CNc1nc2[nH]ncc2c(=O)[nH]1. The fourth-order valence-electron chi connectivity index (χ4n) is 2.15. The molecule has 3 aromatic rings. The second kappa shape index (κ2) is 6.29. The summed E-state index contributed by atoms with van der Waals surface area (Å²) in [5, 5.41) is 10.6. The molecule has 7 nitrogen and oxygen atoms in total. The number of benzene rings is 1.